The fourth-order valence-corrected chi connectivity index (χ4v) is 7.40. The summed E-state index contributed by atoms with van der Waals surface area (Å²) in [7, 11) is -7.35. The Hall–Kier alpha value is -4.50. The van der Waals surface area contributed by atoms with Crippen molar-refractivity contribution in [2.24, 2.45) is 0 Å². The van der Waals surface area contributed by atoms with E-state index in [9.17, 15) is 26.4 Å². The van der Waals surface area contributed by atoms with Gasteiger partial charge in [-0.05, 0) is 85.1 Å². The van der Waals surface area contributed by atoms with E-state index in [2.05, 4.69) is 10.3 Å². The molecule has 1 aromatic heterocycles. The van der Waals surface area contributed by atoms with Gasteiger partial charge in [0.25, 0.3) is 11.8 Å². The molecule has 0 spiro atoms. The number of para-hydroxylation sites is 1. The zero-order valence-electron chi connectivity index (χ0n) is 25.5. The Morgan fingerprint density at radius 2 is 1.67 bits per heavy atom. The second-order valence-corrected chi connectivity index (χ2v) is 16.0. The Kier molecular flexibility index (Phi) is 11.0. The number of benzene rings is 4. The number of hydrogen-bond acceptors (Lipinski definition) is 10. The van der Waals surface area contributed by atoms with Crippen LogP contribution in [0, 0.1) is 0 Å². The molecule has 2 amide bonds. The maximum absolute atomic E-state index is 13.4. The van der Waals surface area contributed by atoms with E-state index < -0.39 is 38.3 Å². The molecule has 0 fully saturated rings. The molecule has 0 aliphatic heterocycles. The van der Waals surface area contributed by atoms with Crippen molar-refractivity contribution in [3.8, 4) is 11.5 Å². The largest absolute Gasteiger partial charge is 0.486 e. The van der Waals surface area contributed by atoms with Crippen molar-refractivity contribution < 1.29 is 35.9 Å². The highest BCUT2D eigenvalue weighted by atomic mass is 35.5. The Bertz CT molecular complexity index is 2140. The number of sulfone groups is 1. The van der Waals surface area contributed by atoms with Crippen molar-refractivity contribution in [1.29, 1.82) is 0 Å². The molecule has 0 atom stereocenters. The molecule has 0 saturated carbocycles. The molecule has 0 radical (unpaired) electrons. The third kappa shape index (κ3) is 9.76. The average Bonchev–Trinajstić information content (AvgIpc) is 3.46. The van der Waals surface area contributed by atoms with Crippen LogP contribution in [-0.2, 0) is 37.7 Å². The minimum atomic E-state index is -3.80. The lowest BCUT2D eigenvalue weighted by Gasteiger charge is -2.15. The summed E-state index contributed by atoms with van der Waals surface area (Å²) in [6.45, 7) is -0.419. The molecule has 5 rings (SSSR count). The summed E-state index contributed by atoms with van der Waals surface area (Å²) < 4.78 is 62.8. The van der Waals surface area contributed by atoms with Crippen molar-refractivity contribution in [3.63, 3.8) is 0 Å². The van der Waals surface area contributed by atoms with E-state index in [1.165, 1.54) is 41.7 Å². The number of aryl methyl sites for hydroxylation is 1. The maximum atomic E-state index is 13.4. The van der Waals surface area contributed by atoms with E-state index in [1.54, 1.807) is 36.4 Å². The van der Waals surface area contributed by atoms with Crippen LogP contribution in [0.25, 0.3) is 10.2 Å². The fourth-order valence-electron chi connectivity index (χ4n) is 4.61. The number of hydrogen-bond donors (Lipinski definition) is 2. The summed E-state index contributed by atoms with van der Waals surface area (Å²) in [5.41, 5.74) is 2.05. The molecule has 11 nitrogen and oxygen atoms in total. The van der Waals surface area contributed by atoms with Gasteiger partial charge < -0.3 is 14.8 Å². The minimum Gasteiger partial charge on any atom is -0.486 e. The summed E-state index contributed by atoms with van der Waals surface area (Å²) >= 11 is 7.40. The van der Waals surface area contributed by atoms with Gasteiger partial charge in [0.2, 0.25) is 10.0 Å². The predicted octanol–water partition coefficient (Wildman–Crippen LogP) is 5.64. The normalized spacial score (nSPS) is 11.6. The minimum absolute atomic E-state index is 0.104. The van der Waals surface area contributed by atoms with Crippen molar-refractivity contribution in [3.05, 3.63) is 112 Å². The second kappa shape index (κ2) is 15.2. The molecule has 0 saturated heterocycles. The third-order valence-corrected chi connectivity index (χ3v) is 10.5. The molecule has 1 heterocycles. The zero-order valence-corrected chi connectivity index (χ0v) is 28.7. The number of rotatable bonds is 14. The van der Waals surface area contributed by atoms with Gasteiger partial charge >= 0.3 is 0 Å². The number of aromatic nitrogens is 1. The molecular weight excluding hydrogens is 698 g/mol. The summed E-state index contributed by atoms with van der Waals surface area (Å²) in [5.74, 6) is -0.971. The van der Waals surface area contributed by atoms with E-state index in [-0.39, 0.29) is 40.7 Å². The molecule has 5 aromatic rings. The van der Waals surface area contributed by atoms with Gasteiger partial charge in [0, 0.05) is 10.6 Å². The molecule has 15 heteroatoms. The monoisotopic (exact) mass is 727 g/mol. The van der Waals surface area contributed by atoms with Gasteiger partial charge in [0.1, 0.15) is 23.1 Å². The highest BCUT2D eigenvalue weighted by Gasteiger charge is 2.17. The molecular formula is C33H30ClN3O8S3. The van der Waals surface area contributed by atoms with Gasteiger partial charge in [0.15, 0.2) is 16.4 Å². The van der Waals surface area contributed by atoms with Crippen LogP contribution >= 0.6 is 22.9 Å². The van der Waals surface area contributed by atoms with Gasteiger partial charge in [-0.1, -0.05) is 35.9 Å². The molecule has 0 unspecified atom stereocenters. The van der Waals surface area contributed by atoms with Gasteiger partial charge in [-0.15, -0.1) is 11.3 Å². The van der Waals surface area contributed by atoms with E-state index in [0.717, 1.165) is 21.5 Å². The summed E-state index contributed by atoms with van der Waals surface area (Å²) in [6.07, 6.45) is 1.47. The number of thiazole rings is 1. The van der Waals surface area contributed by atoms with Crippen LogP contribution in [0.5, 0.6) is 11.5 Å². The van der Waals surface area contributed by atoms with E-state index >= 15 is 0 Å². The van der Waals surface area contributed by atoms with Crippen molar-refractivity contribution in [2.75, 3.05) is 23.9 Å². The first-order valence-corrected chi connectivity index (χ1v) is 19.2. The number of fused-ring (bicyclic) bond motifs is 1. The van der Waals surface area contributed by atoms with Crippen LogP contribution in [0.4, 0.5) is 5.69 Å². The summed E-state index contributed by atoms with van der Waals surface area (Å²) in [4.78, 5) is 30.2. The number of carbonyl (C=O) groups excluding carboxylic acids is 2. The number of anilines is 1. The number of nitrogens with one attached hydrogen (secondary N) is 2. The van der Waals surface area contributed by atoms with Gasteiger partial charge in [-0.2, -0.15) is 0 Å². The van der Waals surface area contributed by atoms with Gasteiger partial charge in [0.05, 0.1) is 32.8 Å². The fraction of sp³-hybridized carbons (Fsp3) is 0.182. The molecule has 4 aromatic carbocycles. The molecule has 250 valence electrons. The number of amides is 2. The first kappa shape index (κ1) is 34.8. The molecule has 0 aliphatic rings. The Morgan fingerprint density at radius 1 is 0.896 bits per heavy atom. The van der Waals surface area contributed by atoms with Gasteiger partial charge in [-0.25, -0.2) is 21.8 Å². The van der Waals surface area contributed by atoms with Crippen molar-refractivity contribution in [2.45, 2.75) is 24.3 Å². The standard InChI is InChI=1S/C33H30ClN3O8S3/c1-47(40,41)37-31(38)20-45-29-16-11-22(6-5-17-48(42,43)26-14-12-24(34)13-15-26)18-28(29)36-33(39)23-7-4-8-25(19-23)44-21-32-35-27-9-2-3-10-30(27)46-32/h2-4,7-16,18-19H,5-6,17,20-21H2,1H3,(H,36,39)(H,37,38). The topological polar surface area (TPSA) is 158 Å². The van der Waals surface area contributed by atoms with E-state index in [0.29, 0.717) is 22.8 Å². The number of ether oxygens (including phenoxy) is 2. The Morgan fingerprint density at radius 3 is 2.42 bits per heavy atom. The van der Waals surface area contributed by atoms with Crippen molar-refractivity contribution in [1.82, 2.24) is 9.71 Å². The molecule has 48 heavy (non-hydrogen) atoms. The summed E-state index contributed by atoms with van der Waals surface area (Å²) in [5, 5.41) is 4.00. The first-order valence-electron chi connectivity index (χ1n) is 14.5. The van der Waals surface area contributed by atoms with Crippen LogP contribution in [0.15, 0.2) is 95.9 Å². The Labute approximate surface area is 286 Å². The molecule has 2 N–H and O–H groups in total. The zero-order chi connectivity index (χ0) is 34.3. The smallest absolute Gasteiger partial charge is 0.271 e. The van der Waals surface area contributed by atoms with Crippen LogP contribution in [0.2, 0.25) is 5.02 Å². The highest BCUT2D eigenvalue weighted by Crippen LogP contribution is 2.29. The number of carbonyl (C=O) groups is 2. The number of nitrogens with zero attached hydrogens (tertiary/aromatic N) is 1. The second-order valence-electron chi connectivity index (χ2n) is 10.6. The van der Waals surface area contributed by atoms with E-state index in [1.807, 2.05) is 29.0 Å². The average molecular weight is 728 g/mol. The lowest BCUT2D eigenvalue weighted by molar-refractivity contribution is -0.121. The highest BCUT2D eigenvalue weighted by molar-refractivity contribution is 7.91. The van der Waals surface area contributed by atoms with Gasteiger partial charge in [-0.3, -0.25) is 14.3 Å². The molecule has 0 aliphatic carbocycles. The van der Waals surface area contributed by atoms with Crippen LogP contribution in [0.3, 0.4) is 0 Å². The predicted molar refractivity (Wildman–Crippen MR) is 185 cm³/mol. The summed E-state index contributed by atoms with van der Waals surface area (Å²) in [6, 6.07) is 25.1. The SMILES string of the molecule is CS(=O)(=O)NC(=O)COc1ccc(CCCS(=O)(=O)c2ccc(Cl)cc2)cc1NC(=O)c1cccc(OCc2nc3ccccc3s2)c1. The first-order chi connectivity index (χ1) is 22.8. The van der Waals surface area contributed by atoms with Crippen LogP contribution in [-0.4, -0.2) is 52.2 Å². The van der Waals surface area contributed by atoms with E-state index in [4.69, 9.17) is 21.1 Å². The lowest BCUT2D eigenvalue weighted by Crippen LogP contribution is -2.33. The van der Waals surface area contributed by atoms with Crippen LogP contribution < -0.4 is 19.5 Å². The van der Waals surface area contributed by atoms with Crippen molar-refractivity contribution >= 4 is 70.5 Å². The Balaban J connectivity index is 1.29. The molecule has 0 bridgehead atoms. The third-order valence-electron chi connectivity index (χ3n) is 6.80. The number of sulfonamides is 1. The maximum Gasteiger partial charge on any atom is 0.271 e. The van der Waals surface area contributed by atoms with Crippen LogP contribution in [0.1, 0.15) is 27.3 Å². The lowest BCUT2D eigenvalue weighted by atomic mass is 10.1. The number of halogens is 1. The quantitative estimate of drug-likeness (QED) is 0.148.